The van der Waals surface area contributed by atoms with E-state index >= 15 is 0 Å². The Morgan fingerprint density at radius 2 is 2.31 bits per heavy atom. The SMILES string of the molecule is Cc1nnc2c(Cl)nc(C=O)cn12. The van der Waals surface area contributed by atoms with Gasteiger partial charge in [-0.05, 0) is 6.92 Å². The van der Waals surface area contributed by atoms with Crippen LogP contribution in [0.15, 0.2) is 6.20 Å². The molecule has 0 spiro atoms. The van der Waals surface area contributed by atoms with E-state index in [2.05, 4.69) is 15.2 Å². The largest absolute Gasteiger partial charge is 0.296 e. The third-order valence-corrected chi connectivity index (χ3v) is 1.91. The highest BCUT2D eigenvalue weighted by Gasteiger charge is 2.07. The summed E-state index contributed by atoms with van der Waals surface area (Å²) in [5.41, 5.74) is 0.727. The van der Waals surface area contributed by atoms with Crippen molar-refractivity contribution in [3.63, 3.8) is 0 Å². The first kappa shape index (κ1) is 8.12. The van der Waals surface area contributed by atoms with Gasteiger partial charge >= 0.3 is 0 Å². The molecular weight excluding hydrogens is 192 g/mol. The molecule has 0 aliphatic heterocycles. The molecule has 0 radical (unpaired) electrons. The van der Waals surface area contributed by atoms with Crippen LogP contribution in [0.1, 0.15) is 16.3 Å². The van der Waals surface area contributed by atoms with E-state index in [9.17, 15) is 4.79 Å². The number of carbonyl (C=O) groups is 1. The van der Waals surface area contributed by atoms with Crippen molar-refractivity contribution < 1.29 is 4.79 Å². The summed E-state index contributed by atoms with van der Waals surface area (Å²) in [6.07, 6.45) is 2.17. The zero-order valence-corrected chi connectivity index (χ0v) is 7.49. The van der Waals surface area contributed by atoms with Crippen molar-refractivity contribution >= 4 is 23.5 Å². The number of hydrogen-bond acceptors (Lipinski definition) is 4. The van der Waals surface area contributed by atoms with Gasteiger partial charge in [-0.2, -0.15) is 0 Å². The Morgan fingerprint density at radius 1 is 1.54 bits per heavy atom. The molecule has 2 rings (SSSR count). The predicted molar refractivity (Wildman–Crippen MR) is 45.9 cm³/mol. The van der Waals surface area contributed by atoms with Crippen molar-refractivity contribution in [2.24, 2.45) is 0 Å². The van der Waals surface area contributed by atoms with Gasteiger partial charge in [0.05, 0.1) is 0 Å². The average molecular weight is 197 g/mol. The summed E-state index contributed by atoms with van der Waals surface area (Å²) in [4.78, 5) is 14.3. The minimum absolute atomic E-state index is 0.185. The molecular formula is C7H5ClN4O. The van der Waals surface area contributed by atoms with Gasteiger partial charge in [0.25, 0.3) is 0 Å². The first-order chi connectivity index (χ1) is 6.22. The topological polar surface area (TPSA) is 60.2 Å². The summed E-state index contributed by atoms with van der Waals surface area (Å²) in [5, 5.41) is 7.79. The summed E-state index contributed by atoms with van der Waals surface area (Å²) in [6.45, 7) is 1.77. The number of halogens is 1. The lowest BCUT2D eigenvalue weighted by molar-refractivity contribution is 0.111. The molecule has 0 N–H and O–H groups in total. The summed E-state index contributed by atoms with van der Waals surface area (Å²) >= 11 is 5.76. The molecule has 2 aromatic heterocycles. The molecule has 2 heterocycles. The van der Waals surface area contributed by atoms with Crippen molar-refractivity contribution in [3.8, 4) is 0 Å². The van der Waals surface area contributed by atoms with Crippen LogP contribution < -0.4 is 0 Å². The first-order valence-corrected chi connectivity index (χ1v) is 3.93. The maximum atomic E-state index is 10.5. The fourth-order valence-electron chi connectivity index (χ4n) is 1.05. The molecule has 0 aliphatic carbocycles. The van der Waals surface area contributed by atoms with Crippen LogP contribution in [0, 0.1) is 6.92 Å². The summed E-state index contributed by atoms with van der Waals surface area (Å²) in [6, 6.07) is 0. The van der Waals surface area contributed by atoms with Gasteiger partial charge < -0.3 is 0 Å². The van der Waals surface area contributed by atoms with Gasteiger partial charge in [0.2, 0.25) is 0 Å². The van der Waals surface area contributed by atoms with E-state index in [1.54, 1.807) is 17.5 Å². The van der Waals surface area contributed by atoms with E-state index < -0.39 is 0 Å². The molecule has 0 saturated heterocycles. The summed E-state index contributed by atoms with van der Waals surface area (Å²) in [5.74, 6) is 0.669. The minimum atomic E-state index is 0.185. The van der Waals surface area contributed by atoms with Gasteiger partial charge in [0.15, 0.2) is 17.1 Å². The molecule has 0 amide bonds. The van der Waals surface area contributed by atoms with Crippen LogP contribution in [0.25, 0.3) is 5.65 Å². The lowest BCUT2D eigenvalue weighted by Crippen LogP contribution is -1.96. The van der Waals surface area contributed by atoms with Crippen LogP contribution in [0.2, 0.25) is 5.15 Å². The number of nitrogens with zero attached hydrogens (tertiary/aromatic N) is 4. The molecule has 2 aromatic rings. The third kappa shape index (κ3) is 1.17. The zero-order chi connectivity index (χ0) is 9.42. The Hall–Kier alpha value is -1.49. The van der Waals surface area contributed by atoms with Gasteiger partial charge in [-0.15, -0.1) is 10.2 Å². The van der Waals surface area contributed by atoms with Crippen LogP contribution >= 0.6 is 11.6 Å². The van der Waals surface area contributed by atoms with E-state index in [4.69, 9.17) is 11.6 Å². The molecule has 0 unspecified atom stereocenters. The number of hydrogen-bond donors (Lipinski definition) is 0. The molecule has 0 fully saturated rings. The van der Waals surface area contributed by atoms with Crippen molar-refractivity contribution in [1.29, 1.82) is 0 Å². The zero-order valence-electron chi connectivity index (χ0n) is 6.73. The van der Waals surface area contributed by atoms with E-state index in [0.717, 1.165) is 0 Å². The molecule has 0 aromatic carbocycles. The number of carbonyl (C=O) groups excluding carboxylic acids is 1. The van der Waals surface area contributed by atoms with E-state index in [-0.39, 0.29) is 10.8 Å². The Balaban J connectivity index is 2.87. The molecule has 66 valence electrons. The Labute approximate surface area is 78.4 Å². The monoisotopic (exact) mass is 196 g/mol. The van der Waals surface area contributed by atoms with Crippen molar-refractivity contribution in [2.75, 3.05) is 0 Å². The number of fused-ring (bicyclic) bond motifs is 1. The highest BCUT2D eigenvalue weighted by atomic mass is 35.5. The number of aryl methyl sites for hydroxylation is 1. The van der Waals surface area contributed by atoms with Crippen molar-refractivity contribution in [1.82, 2.24) is 19.6 Å². The Bertz CT molecular complexity index is 479. The lowest BCUT2D eigenvalue weighted by Gasteiger charge is -1.96. The standard InChI is InChI=1S/C7H5ClN4O/c1-4-10-11-7-6(8)9-5(3-13)2-12(4)7/h2-3H,1H3. The fourth-order valence-corrected chi connectivity index (χ4v) is 1.27. The first-order valence-electron chi connectivity index (χ1n) is 3.55. The third-order valence-electron chi connectivity index (χ3n) is 1.66. The van der Waals surface area contributed by atoms with Crippen LogP contribution in [-0.4, -0.2) is 25.9 Å². The van der Waals surface area contributed by atoms with Gasteiger partial charge in [-0.25, -0.2) is 4.98 Å². The quantitative estimate of drug-likeness (QED) is 0.636. The maximum absolute atomic E-state index is 10.5. The molecule has 0 bridgehead atoms. The fraction of sp³-hybridized carbons (Fsp3) is 0.143. The number of aldehydes is 1. The van der Waals surface area contributed by atoms with E-state index in [1.807, 2.05) is 0 Å². The molecule has 0 atom stereocenters. The molecule has 5 nitrogen and oxygen atoms in total. The Morgan fingerprint density at radius 3 is 3.00 bits per heavy atom. The van der Waals surface area contributed by atoms with Crippen LogP contribution in [0.3, 0.4) is 0 Å². The molecule has 0 saturated carbocycles. The van der Waals surface area contributed by atoms with E-state index in [1.165, 1.54) is 0 Å². The maximum Gasteiger partial charge on any atom is 0.198 e. The second kappa shape index (κ2) is 2.77. The van der Waals surface area contributed by atoms with Gasteiger partial charge in [0, 0.05) is 6.20 Å². The molecule has 6 heteroatoms. The highest BCUT2D eigenvalue weighted by molar-refractivity contribution is 6.32. The van der Waals surface area contributed by atoms with E-state index in [0.29, 0.717) is 17.8 Å². The average Bonchev–Trinajstić information content (AvgIpc) is 2.48. The minimum Gasteiger partial charge on any atom is -0.296 e. The second-order valence-corrected chi connectivity index (χ2v) is 2.87. The van der Waals surface area contributed by atoms with Crippen molar-refractivity contribution in [3.05, 3.63) is 22.9 Å². The Kier molecular flexibility index (Phi) is 1.73. The van der Waals surface area contributed by atoms with Crippen LogP contribution in [0.4, 0.5) is 0 Å². The summed E-state index contributed by atoms with van der Waals surface area (Å²) < 4.78 is 1.62. The normalized spacial score (nSPS) is 10.6. The molecule has 0 aliphatic rings. The predicted octanol–water partition coefficient (Wildman–Crippen LogP) is 0.899. The van der Waals surface area contributed by atoms with Gasteiger partial charge in [0.1, 0.15) is 11.5 Å². The second-order valence-electron chi connectivity index (χ2n) is 2.52. The number of aromatic nitrogens is 4. The lowest BCUT2D eigenvalue weighted by atomic mass is 10.5. The van der Waals surface area contributed by atoms with Crippen LogP contribution in [0.5, 0.6) is 0 Å². The van der Waals surface area contributed by atoms with Gasteiger partial charge in [-0.1, -0.05) is 11.6 Å². The number of rotatable bonds is 1. The van der Waals surface area contributed by atoms with Crippen LogP contribution in [-0.2, 0) is 0 Å². The molecule has 13 heavy (non-hydrogen) atoms. The smallest absolute Gasteiger partial charge is 0.198 e. The highest BCUT2D eigenvalue weighted by Crippen LogP contribution is 2.13. The summed E-state index contributed by atoms with van der Waals surface area (Å²) in [7, 11) is 0. The van der Waals surface area contributed by atoms with Gasteiger partial charge in [-0.3, -0.25) is 9.20 Å². The van der Waals surface area contributed by atoms with Crippen molar-refractivity contribution in [2.45, 2.75) is 6.92 Å².